The molecule has 0 radical (unpaired) electrons. The Balaban J connectivity index is 2.54. The second kappa shape index (κ2) is 4.03. The number of phenolic OH excluding ortho intramolecular Hbond substituents is 1. The van der Waals surface area contributed by atoms with E-state index in [0.29, 0.717) is 5.58 Å². The lowest BCUT2D eigenvalue weighted by Crippen LogP contribution is -1.99. The Hall–Kier alpha value is -2.00. The van der Waals surface area contributed by atoms with E-state index in [1.807, 2.05) is 12.1 Å². The van der Waals surface area contributed by atoms with Gasteiger partial charge in [0.15, 0.2) is 0 Å². The van der Waals surface area contributed by atoms with E-state index in [-0.39, 0.29) is 11.6 Å². The van der Waals surface area contributed by atoms with Crippen LogP contribution in [0.5, 0.6) is 5.75 Å². The van der Waals surface area contributed by atoms with E-state index in [0.717, 1.165) is 21.7 Å². The standard InChI is InChI=1S/C14H9ClO3/c15-7-9-6-13(17)18-14-11-4-2-10(16)5-8(11)1-3-12(9)14/h1-6,16H,7H2. The molecule has 0 saturated heterocycles. The molecule has 0 aliphatic carbocycles. The number of hydrogen-bond acceptors (Lipinski definition) is 3. The molecule has 3 nitrogen and oxygen atoms in total. The average molecular weight is 261 g/mol. The van der Waals surface area contributed by atoms with Crippen LogP contribution in [0.1, 0.15) is 5.56 Å². The molecule has 3 aromatic rings. The summed E-state index contributed by atoms with van der Waals surface area (Å²) in [4.78, 5) is 11.5. The van der Waals surface area contributed by atoms with Gasteiger partial charge in [0.25, 0.3) is 0 Å². The third-order valence-electron chi connectivity index (χ3n) is 2.94. The number of rotatable bonds is 1. The minimum atomic E-state index is -0.418. The monoisotopic (exact) mass is 260 g/mol. The Morgan fingerprint density at radius 1 is 1.11 bits per heavy atom. The molecule has 0 spiro atoms. The van der Waals surface area contributed by atoms with Gasteiger partial charge in [-0.2, -0.15) is 0 Å². The molecular weight excluding hydrogens is 252 g/mol. The quantitative estimate of drug-likeness (QED) is 0.414. The smallest absolute Gasteiger partial charge is 0.336 e. The summed E-state index contributed by atoms with van der Waals surface area (Å²) in [6, 6.07) is 10.0. The highest BCUT2D eigenvalue weighted by Crippen LogP contribution is 2.29. The van der Waals surface area contributed by atoms with Crippen molar-refractivity contribution in [3.63, 3.8) is 0 Å². The van der Waals surface area contributed by atoms with Crippen molar-refractivity contribution < 1.29 is 9.52 Å². The SMILES string of the molecule is O=c1cc(CCl)c2ccc3cc(O)ccc3c2o1. The number of halogens is 1. The van der Waals surface area contributed by atoms with Crippen molar-refractivity contribution in [3.8, 4) is 5.75 Å². The molecule has 2 aromatic carbocycles. The summed E-state index contributed by atoms with van der Waals surface area (Å²) in [6.45, 7) is 0. The highest BCUT2D eigenvalue weighted by Gasteiger charge is 2.08. The molecule has 0 amide bonds. The van der Waals surface area contributed by atoms with Gasteiger partial charge in [-0.3, -0.25) is 0 Å². The first-order valence-electron chi connectivity index (χ1n) is 5.43. The molecule has 1 aromatic heterocycles. The van der Waals surface area contributed by atoms with Crippen LogP contribution in [-0.2, 0) is 5.88 Å². The zero-order chi connectivity index (χ0) is 12.7. The lowest BCUT2D eigenvalue weighted by Gasteiger charge is -2.05. The predicted molar refractivity (Wildman–Crippen MR) is 71.2 cm³/mol. The van der Waals surface area contributed by atoms with E-state index in [1.54, 1.807) is 18.2 Å². The minimum Gasteiger partial charge on any atom is -0.508 e. The molecule has 0 atom stereocenters. The van der Waals surface area contributed by atoms with Gasteiger partial charge in [-0.25, -0.2) is 4.79 Å². The zero-order valence-corrected chi connectivity index (χ0v) is 10.1. The van der Waals surface area contributed by atoms with Crippen LogP contribution in [0.4, 0.5) is 0 Å². The molecule has 1 N–H and O–H groups in total. The van der Waals surface area contributed by atoms with Crippen molar-refractivity contribution in [3.05, 3.63) is 52.4 Å². The number of phenols is 1. The molecule has 18 heavy (non-hydrogen) atoms. The number of aromatic hydroxyl groups is 1. The molecule has 4 heteroatoms. The lowest BCUT2D eigenvalue weighted by molar-refractivity contribution is 0.476. The summed E-state index contributed by atoms with van der Waals surface area (Å²) < 4.78 is 5.26. The molecule has 0 fully saturated rings. The predicted octanol–water partition coefficient (Wildman–Crippen LogP) is 3.39. The van der Waals surface area contributed by atoms with Crippen LogP contribution in [0.15, 0.2) is 45.6 Å². The highest BCUT2D eigenvalue weighted by atomic mass is 35.5. The maximum atomic E-state index is 11.5. The van der Waals surface area contributed by atoms with Gasteiger partial charge in [0.05, 0.1) is 0 Å². The molecule has 0 saturated carbocycles. The van der Waals surface area contributed by atoms with Crippen LogP contribution in [-0.4, -0.2) is 5.11 Å². The van der Waals surface area contributed by atoms with Crippen LogP contribution in [0, 0.1) is 0 Å². The van der Waals surface area contributed by atoms with E-state index in [9.17, 15) is 9.90 Å². The second-order valence-electron chi connectivity index (χ2n) is 4.07. The molecule has 1 heterocycles. The summed E-state index contributed by atoms with van der Waals surface area (Å²) in [7, 11) is 0. The molecule has 0 bridgehead atoms. The normalized spacial score (nSPS) is 11.2. The Bertz CT molecular complexity index is 805. The van der Waals surface area contributed by atoms with Crippen LogP contribution in [0.3, 0.4) is 0 Å². The molecule has 0 aliphatic rings. The topological polar surface area (TPSA) is 50.4 Å². The third kappa shape index (κ3) is 1.64. The molecular formula is C14H9ClO3. The number of fused-ring (bicyclic) bond motifs is 3. The largest absolute Gasteiger partial charge is 0.508 e. The van der Waals surface area contributed by atoms with Crippen molar-refractivity contribution in [2.45, 2.75) is 5.88 Å². The van der Waals surface area contributed by atoms with Crippen molar-refractivity contribution in [2.24, 2.45) is 0 Å². The van der Waals surface area contributed by atoms with Crippen molar-refractivity contribution in [1.29, 1.82) is 0 Å². The van der Waals surface area contributed by atoms with Crippen LogP contribution >= 0.6 is 11.6 Å². The Labute approximate surface area is 107 Å². The maximum absolute atomic E-state index is 11.5. The van der Waals surface area contributed by atoms with E-state index < -0.39 is 5.63 Å². The Morgan fingerprint density at radius 3 is 2.67 bits per heavy atom. The van der Waals surface area contributed by atoms with Gasteiger partial charge in [0, 0.05) is 22.7 Å². The molecule has 0 unspecified atom stereocenters. The van der Waals surface area contributed by atoms with Crippen molar-refractivity contribution >= 4 is 33.3 Å². The number of hydrogen-bond donors (Lipinski definition) is 1. The first-order chi connectivity index (χ1) is 8.69. The molecule has 3 rings (SSSR count). The summed E-state index contributed by atoms with van der Waals surface area (Å²) in [6.07, 6.45) is 0. The Kier molecular flexibility index (Phi) is 2.49. The highest BCUT2D eigenvalue weighted by molar-refractivity contribution is 6.18. The number of benzene rings is 2. The molecule has 0 aliphatic heterocycles. The van der Waals surface area contributed by atoms with E-state index in [4.69, 9.17) is 16.0 Å². The van der Waals surface area contributed by atoms with Gasteiger partial charge in [0.1, 0.15) is 11.3 Å². The first kappa shape index (κ1) is 11.1. The van der Waals surface area contributed by atoms with Gasteiger partial charge in [-0.05, 0) is 29.1 Å². The van der Waals surface area contributed by atoms with Gasteiger partial charge in [0.2, 0.25) is 0 Å². The van der Waals surface area contributed by atoms with Crippen molar-refractivity contribution in [2.75, 3.05) is 0 Å². The minimum absolute atomic E-state index is 0.178. The lowest BCUT2D eigenvalue weighted by atomic mass is 10.0. The average Bonchev–Trinajstić information content (AvgIpc) is 2.37. The summed E-state index contributed by atoms with van der Waals surface area (Å²) in [5.41, 5.74) is 0.840. The summed E-state index contributed by atoms with van der Waals surface area (Å²) >= 11 is 5.83. The summed E-state index contributed by atoms with van der Waals surface area (Å²) in [5, 5.41) is 11.9. The van der Waals surface area contributed by atoms with Crippen LogP contribution < -0.4 is 5.63 Å². The van der Waals surface area contributed by atoms with Crippen molar-refractivity contribution in [1.82, 2.24) is 0 Å². The second-order valence-corrected chi connectivity index (χ2v) is 4.34. The van der Waals surface area contributed by atoms with E-state index in [2.05, 4.69) is 0 Å². The maximum Gasteiger partial charge on any atom is 0.336 e. The van der Waals surface area contributed by atoms with Gasteiger partial charge in [-0.1, -0.05) is 12.1 Å². The number of alkyl halides is 1. The third-order valence-corrected chi connectivity index (χ3v) is 3.23. The Morgan fingerprint density at radius 2 is 1.89 bits per heavy atom. The van der Waals surface area contributed by atoms with Gasteiger partial charge >= 0.3 is 5.63 Å². The summed E-state index contributed by atoms with van der Waals surface area (Å²) in [5.74, 6) is 0.434. The van der Waals surface area contributed by atoms with Crippen LogP contribution in [0.2, 0.25) is 0 Å². The van der Waals surface area contributed by atoms with Crippen LogP contribution in [0.25, 0.3) is 21.7 Å². The zero-order valence-electron chi connectivity index (χ0n) is 9.31. The van der Waals surface area contributed by atoms with E-state index >= 15 is 0 Å². The molecule has 90 valence electrons. The van der Waals surface area contributed by atoms with Gasteiger partial charge < -0.3 is 9.52 Å². The van der Waals surface area contributed by atoms with E-state index in [1.165, 1.54) is 6.07 Å². The fraction of sp³-hybridized carbons (Fsp3) is 0.0714. The fourth-order valence-corrected chi connectivity index (χ4v) is 2.33. The first-order valence-corrected chi connectivity index (χ1v) is 5.97. The fourth-order valence-electron chi connectivity index (χ4n) is 2.11. The van der Waals surface area contributed by atoms with Gasteiger partial charge in [-0.15, -0.1) is 11.6 Å².